The molecule has 2 aromatic carbocycles. The molecule has 7 heteroatoms. The van der Waals surface area contributed by atoms with Crippen LogP contribution in [-0.2, 0) is 4.79 Å². The number of carbonyl (C=O) groups is 1. The highest BCUT2D eigenvalue weighted by Gasteiger charge is 2.22. The highest BCUT2D eigenvalue weighted by molar-refractivity contribution is 8.00. The Hall–Kier alpha value is -2.67. The van der Waals surface area contributed by atoms with E-state index < -0.39 is 5.25 Å². The minimum Gasteiger partial charge on any atom is -0.315 e. The van der Waals surface area contributed by atoms with Crippen molar-refractivity contribution in [2.24, 2.45) is 0 Å². The fraction of sp³-hybridized carbons (Fsp3) is 0.167. The molecular formula is C18H17FN4OS. The number of halogens is 1. The van der Waals surface area contributed by atoms with Crippen LogP contribution in [0.4, 0.5) is 10.1 Å². The topological polar surface area (TPSA) is 51.0 Å². The molecule has 0 aliphatic carbocycles. The number of hydrogen-bond donors (Lipinski definition) is 0. The second kappa shape index (κ2) is 7.48. The lowest BCUT2D eigenvalue weighted by atomic mass is 10.3. The molecule has 1 amide bonds. The molecule has 25 heavy (non-hydrogen) atoms. The summed E-state index contributed by atoms with van der Waals surface area (Å²) >= 11 is 1.24. The first-order valence-electron chi connectivity index (χ1n) is 7.72. The number of hydrogen-bond acceptors (Lipinski definition) is 4. The summed E-state index contributed by atoms with van der Waals surface area (Å²) in [5.74, 6) is -0.441. The Kier molecular flexibility index (Phi) is 5.14. The SMILES string of the molecule is C[C@@H](Sc1nncn1-c1ccccc1F)C(=O)N(C)c1ccccc1. The minimum absolute atomic E-state index is 0.0701. The first kappa shape index (κ1) is 17.2. The molecule has 3 rings (SSSR count). The molecule has 0 aliphatic heterocycles. The Morgan fingerprint density at radius 2 is 1.84 bits per heavy atom. The summed E-state index contributed by atoms with van der Waals surface area (Å²) in [4.78, 5) is 14.3. The van der Waals surface area contributed by atoms with Gasteiger partial charge in [0.2, 0.25) is 5.91 Å². The van der Waals surface area contributed by atoms with Gasteiger partial charge in [0.15, 0.2) is 5.16 Å². The first-order chi connectivity index (χ1) is 12.1. The zero-order valence-corrected chi connectivity index (χ0v) is 14.7. The van der Waals surface area contributed by atoms with Gasteiger partial charge in [-0.05, 0) is 31.2 Å². The zero-order valence-electron chi connectivity index (χ0n) is 13.8. The van der Waals surface area contributed by atoms with Crippen LogP contribution >= 0.6 is 11.8 Å². The van der Waals surface area contributed by atoms with Gasteiger partial charge in [-0.1, -0.05) is 42.1 Å². The number of thioether (sulfide) groups is 1. The van der Waals surface area contributed by atoms with Gasteiger partial charge in [-0.3, -0.25) is 9.36 Å². The second-order valence-electron chi connectivity index (χ2n) is 5.43. The van der Waals surface area contributed by atoms with E-state index in [1.54, 1.807) is 41.6 Å². The van der Waals surface area contributed by atoms with Crippen molar-refractivity contribution in [3.05, 3.63) is 66.7 Å². The number of rotatable bonds is 5. The molecular weight excluding hydrogens is 339 g/mol. The van der Waals surface area contributed by atoms with E-state index in [1.807, 2.05) is 30.3 Å². The van der Waals surface area contributed by atoms with Crippen LogP contribution in [0, 0.1) is 5.82 Å². The van der Waals surface area contributed by atoms with Gasteiger partial charge in [0.25, 0.3) is 0 Å². The average Bonchev–Trinajstić information content (AvgIpc) is 3.09. The van der Waals surface area contributed by atoms with E-state index in [4.69, 9.17) is 0 Å². The summed E-state index contributed by atoms with van der Waals surface area (Å²) in [6.45, 7) is 1.80. The highest BCUT2D eigenvalue weighted by atomic mass is 32.2. The zero-order chi connectivity index (χ0) is 17.8. The lowest BCUT2D eigenvalue weighted by Gasteiger charge is -2.21. The molecule has 0 N–H and O–H groups in total. The molecule has 0 spiro atoms. The van der Waals surface area contributed by atoms with E-state index in [1.165, 1.54) is 24.2 Å². The van der Waals surface area contributed by atoms with Gasteiger partial charge < -0.3 is 4.90 Å². The molecule has 0 bridgehead atoms. The van der Waals surface area contributed by atoms with Crippen molar-refractivity contribution in [2.75, 3.05) is 11.9 Å². The van der Waals surface area contributed by atoms with Crippen LogP contribution in [-0.4, -0.2) is 33.0 Å². The number of nitrogens with zero attached hydrogens (tertiary/aromatic N) is 4. The lowest BCUT2D eigenvalue weighted by Crippen LogP contribution is -2.33. The molecule has 5 nitrogen and oxygen atoms in total. The molecule has 1 aromatic heterocycles. The van der Waals surface area contributed by atoms with E-state index in [0.717, 1.165) is 5.69 Å². The number of benzene rings is 2. The fourth-order valence-electron chi connectivity index (χ4n) is 2.38. The largest absolute Gasteiger partial charge is 0.315 e. The molecule has 3 aromatic rings. The number of aromatic nitrogens is 3. The van der Waals surface area contributed by atoms with Crippen LogP contribution in [0.3, 0.4) is 0 Å². The van der Waals surface area contributed by atoms with Crippen LogP contribution in [0.1, 0.15) is 6.92 Å². The van der Waals surface area contributed by atoms with Crippen LogP contribution in [0.15, 0.2) is 66.1 Å². The monoisotopic (exact) mass is 356 g/mol. The summed E-state index contributed by atoms with van der Waals surface area (Å²) in [7, 11) is 1.73. The Balaban J connectivity index is 1.78. The lowest BCUT2D eigenvalue weighted by molar-refractivity contribution is -0.117. The van der Waals surface area contributed by atoms with Gasteiger partial charge in [-0.2, -0.15) is 0 Å². The quantitative estimate of drug-likeness (QED) is 0.656. The predicted octanol–water partition coefficient (Wildman–Crippen LogP) is 3.55. The fourth-order valence-corrected chi connectivity index (χ4v) is 3.31. The number of anilines is 1. The number of amides is 1. The third-order valence-corrected chi connectivity index (χ3v) is 4.78. The molecule has 0 saturated heterocycles. The third-order valence-electron chi connectivity index (χ3n) is 3.73. The van der Waals surface area contributed by atoms with E-state index in [2.05, 4.69) is 10.2 Å². The Morgan fingerprint density at radius 1 is 1.16 bits per heavy atom. The van der Waals surface area contributed by atoms with Gasteiger partial charge in [-0.15, -0.1) is 10.2 Å². The predicted molar refractivity (Wildman–Crippen MR) is 96.5 cm³/mol. The first-order valence-corrected chi connectivity index (χ1v) is 8.60. The van der Waals surface area contributed by atoms with Gasteiger partial charge in [-0.25, -0.2) is 4.39 Å². The average molecular weight is 356 g/mol. The van der Waals surface area contributed by atoms with Crippen LogP contribution in [0.5, 0.6) is 0 Å². The molecule has 1 heterocycles. The molecule has 0 unspecified atom stereocenters. The Morgan fingerprint density at radius 3 is 2.56 bits per heavy atom. The molecule has 0 aliphatic rings. The van der Waals surface area contributed by atoms with Crippen molar-refractivity contribution < 1.29 is 9.18 Å². The molecule has 0 saturated carbocycles. The summed E-state index contributed by atoms with van der Waals surface area (Å²) in [5, 5.41) is 7.94. The van der Waals surface area contributed by atoms with E-state index in [0.29, 0.717) is 10.8 Å². The van der Waals surface area contributed by atoms with E-state index in [-0.39, 0.29) is 11.7 Å². The maximum atomic E-state index is 14.0. The van der Waals surface area contributed by atoms with Crippen molar-refractivity contribution in [2.45, 2.75) is 17.3 Å². The standard InChI is InChI=1S/C18H17FN4OS/c1-13(17(24)22(2)14-8-4-3-5-9-14)25-18-21-20-12-23(18)16-11-7-6-10-15(16)19/h3-13H,1-2H3/t13-/m1/s1. The maximum absolute atomic E-state index is 14.0. The van der Waals surface area contributed by atoms with Crippen LogP contribution < -0.4 is 4.90 Å². The second-order valence-corrected chi connectivity index (χ2v) is 6.74. The van der Waals surface area contributed by atoms with Gasteiger partial charge in [0.1, 0.15) is 12.1 Å². The minimum atomic E-state index is -0.403. The molecule has 0 fully saturated rings. The van der Waals surface area contributed by atoms with Crippen molar-refractivity contribution in [3.63, 3.8) is 0 Å². The van der Waals surface area contributed by atoms with E-state index >= 15 is 0 Å². The maximum Gasteiger partial charge on any atom is 0.240 e. The Bertz CT molecular complexity index is 868. The number of para-hydroxylation sites is 2. The van der Waals surface area contributed by atoms with Crippen molar-refractivity contribution in [1.29, 1.82) is 0 Å². The van der Waals surface area contributed by atoms with Gasteiger partial charge >= 0.3 is 0 Å². The highest BCUT2D eigenvalue weighted by Crippen LogP contribution is 2.26. The molecule has 0 radical (unpaired) electrons. The van der Waals surface area contributed by atoms with Crippen LogP contribution in [0.2, 0.25) is 0 Å². The smallest absolute Gasteiger partial charge is 0.240 e. The summed E-state index contributed by atoms with van der Waals surface area (Å²) < 4.78 is 15.6. The van der Waals surface area contributed by atoms with Crippen molar-refractivity contribution >= 4 is 23.4 Å². The normalized spacial score (nSPS) is 12.0. The van der Waals surface area contributed by atoms with Crippen LogP contribution in [0.25, 0.3) is 5.69 Å². The number of carbonyl (C=O) groups excluding carboxylic acids is 1. The summed E-state index contributed by atoms with van der Waals surface area (Å²) in [6.07, 6.45) is 1.44. The summed E-state index contributed by atoms with van der Waals surface area (Å²) in [5.41, 5.74) is 1.17. The Labute approximate surface area is 149 Å². The van der Waals surface area contributed by atoms with Gasteiger partial charge in [0, 0.05) is 12.7 Å². The van der Waals surface area contributed by atoms with Gasteiger partial charge in [0.05, 0.1) is 10.9 Å². The molecule has 128 valence electrons. The third kappa shape index (κ3) is 3.71. The summed E-state index contributed by atoms with van der Waals surface area (Å²) in [6, 6.07) is 15.8. The molecule has 1 atom stereocenters. The van der Waals surface area contributed by atoms with Crippen molar-refractivity contribution in [1.82, 2.24) is 14.8 Å². The van der Waals surface area contributed by atoms with Crippen molar-refractivity contribution in [3.8, 4) is 5.69 Å². The van der Waals surface area contributed by atoms with E-state index in [9.17, 15) is 9.18 Å².